The Balaban J connectivity index is 2.14. The number of methoxy groups -OCH3 is 2. The number of likely N-dealkylation sites (tertiary alicyclic amines) is 1. The van der Waals surface area contributed by atoms with Gasteiger partial charge in [0.05, 0.1) is 25.1 Å². The van der Waals surface area contributed by atoms with Crippen molar-refractivity contribution < 1.29 is 14.3 Å². The first kappa shape index (κ1) is 15.4. The Hall–Kier alpha value is -2.50. The SMILES string of the molecule is COc1ccc(OC)c2c(=O)c(C(=O)N3CCCCC3)c[nH]c12. The van der Waals surface area contributed by atoms with Crippen LogP contribution in [0.25, 0.3) is 10.9 Å². The highest BCUT2D eigenvalue weighted by atomic mass is 16.5. The third-order valence-electron chi connectivity index (χ3n) is 4.27. The molecule has 0 bridgehead atoms. The maximum atomic E-state index is 12.9. The van der Waals surface area contributed by atoms with E-state index in [-0.39, 0.29) is 16.9 Å². The van der Waals surface area contributed by atoms with Crippen molar-refractivity contribution in [3.63, 3.8) is 0 Å². The summed E-state index contributed by atoms with van der Waals surface area (Å²) in [6.07, 6.45) is 4.56. The summed E-state index contributed by atoms with van der Waals surface area (Å²) in [5.41, 5.74) is 0.350. The Labute approximate surface area is 134 Å². The first-order valence-corrected chi connectivity index (χ1v) is 7.73. The Morgan fingerprint density at radius 1 is 1.09 bits per heavy atom. The summed E-state index contributed by atoms with van der Waals surface area (Å²) >= 11 is 0. The summed E-state index contributed by atoms with van der Waals surface area (Å²) in [7, 11) is 3.03. The molecule has 0 spiro atoms. The molecule has 2 heterocycles. The zero-order chi connectivity index (χ0) is 16.4. The van der Waals surface area contributed by atoms with Crippen LogP contribution in [0.3, 0.4) is 0 Å². The molecule has 2 aromatic rings. The first-order chi connectivity index (χ1) is 11.2. The highest BCUT2D eigenvalue weighted by Gasteiger charge is 2.23. The van der Waals surface area contributed by atoms with Gasteiger partial charge in [0.25, 0.3) is 5.91 Å². The van der Waals surface area contributed by atoms with Crippen LogP contribution in [0, 0.1) is 0 Å². The lowest BCUT2D eigenvalue weighted by Crippen LogP contribution is -2.38. The molecule has 1 aliphatic rings. The van der Waals surface area contributed by atoms with E-state index in [1.165, 1.54) is 20.4 Å². The minimum Gasteiger partial charge on any atom is -0.496 e. The molecular weight excluding hydrogens is 296 g/mol. The average molecular weight is 316 g/mol. The van der Waals surface area contributed by atoms with E-state index in [0.29, 0.717) is 35.5 Å². The van der Waals surface area contributed by atoms with Crippen LogP contribution in [0.1, 0.15) is 29.6 Å². The van der Waals surface area contributed by atoms with Crippen LogP contribution >= 0.6 is 0 Å². The third-order valence-corrected chi connectivity index (χ3v) is 4.27. The van der Waals surface area contributed by atoms with Crippen molar-refractivity contribution in [1.82, 2.24) is 9.88 Å². The fourth-order valence-corrected chi connectivity index (χ4v) is 3.04. The topological polar surface area (TPSA) is 71.6 Å². The van der Waals surface area contributed by atoms with Gasteiger partial charge < -0.3 is 19.4 Å². The van der Waals surface area contributed by atoms with Crippen molar-refractivity contribution >= 4 is 16.8 Å². The molecule has 0 unspecified atom stereocenters. The second-order valence-electron chi connectivity index (χ2n) is 5.60. The summed E-state index contributed by atoms with van der Waals surface area (Å²) in [6.45, 7) is 1.40. The molecule has 1 saturated heterocycles. The first-order valence-electron chi connectivity index (χ1n) is 7.73. The number of pyridine rings is 1. The Kier molecular flexibility index (Phi) is 4.23. The number of nitrogens with one attached hydrogen (secondary N) is 1. The van der Waals surface area contributed by atoms with Crippen LogP contribution < -0.4 is 14.9 Å². The van der Waals surface area contributed by atoms with Crippen molar-refractivity contribution in [3.05, 3.63) is 34.1 Å². The van der Waals surface area contributed by atoms with Crippen molar-refractivity contribution in [3.8, 4) is 11.5 Å². The summed E-state index contributed by atoms with van der Waals surface area (Å²) in [5.74, 6) is 0.739. The predicted octanol–water partition coefficient (Wildman–Crippen LogP) is 2.17. The Bertz CT molecular complexity index is 791. The molecule has 0 saturated carbocycles. The highest BCUT2D eigenvalue weighted by Crippen LogP contribution is 2.29. The molecule has 0 atom stereocenters. The monoisotopic (exact) mass is 316 g/mol. The van der Waals surface area contributed by atoms with Crippen LogP contribution in [0.2, 0.25) is 0 Å². The van der Waals surface area contributed by atoms with E-state index in [4.69, 9.17) is 9.47 Å². The van der Waals surface area contributed by atoms with Gasteiger partial charge >= 0.3 is 0 Å². The van der Waals surface area contributed by atoms with Crippen molar-refractivity contribution in [2.75, 3.05) is 27.3 Å². The van der Waals surface area contributed by atoms with Gasteiger partial charge in [0.15, 0.2) is 0 Å². The van der Waals surface area contributed by atoms with Crippen LogP contribution in [0.5, 0.6) is 11.5 Å². The maximum Gasteiger partial charge on any atom is 0.259 e. The Morgan fingerprint density at radius 2 is 1.74 bits per heavy atom. The number of carbonyl (C=O) groups excluding carboxylic acids is 1. The van der Waals surface area contributed by atoms with Crippen LogP contribution in [0.4, 0.5) is 0 Å². The number of amides is 1. The number of nitrogens with zero attached hydrogens (tertiary/aromatic N) is 1. The van der Waals surface area contributed by atoms with E-state index in [0.717, 1.165) is 19.3 Å². The molecule has 6 heteroatoms. The van der Waals surface area contributed by atoms with Gasteiger partial charge in [0, 0.05) is 19.3 Å². The highest BCUT2D eigenvalue weighted by molar-refractivity contribution is 5.99. The second-order valence-corrected chi connectivity index (χ2v) is 5.60. The molecule has 6 nitrogen and oxygen atoms in total. The molecule has 1 aromatic heterocycles. The molecule has 1 aromatic carbocycles. The lowest BCUT2D eigenvalue weighted by molar-refractivity contribution is 0.0723. The summed E-state index contributed by atoms with van der Waals surface area (Å²) in [6, 6.07) is 3.40. The van der Waals surface area contributed by atoms with E-state index < -0.39 is 0 Å². The van der Waals surface area contributed by atoms with Gasteiger partial charge in [0.2, 0.25) is 5.43 Å². The number of piperidine rings is 1. The largest absolute Gasteiger partial charge is 0.496 e. The average Bonchev–Trinajstić information content (AvgIpc) is 2.61. The number of ether oxygens (including phenoxy) is 2. The predicted molar refractivity (Wildman–Crippen MR) is 87.4 cm³/mol. The third kappa shape index (κ3) is 2.65. The maximum absolute atomic E-state index is 12.9. The van der Waals surface area contributed by atoms with Gasteiger partial charge in [0.1, 0.15) is 17.1 Å². The summed E-state index contributed by atoms with van der Waals surface area (Å²) < 4.78 is 10.6. The molecule has 1 N–H and O–H groups in total. The smallest absolute Gasteiger partial charge is 0.259 e. The fourth-order valence-electron chi connectivity index (χ4n) is 3.04. The lowest BCUT2D eigenvalue weighted by Gasteiger charge is -2.26. The number of fused-ring (bicyclic) bond motifs is 1. The van der Waals surface area contributed by atoms with Crippen LogP contribution in [-0.4, -0.2) is 43.1 Å². The van der Waals surface area contributed by atoms with E-state index >= 15 is 0 Å². The molecule has 23 heavy (non-hydrogen) atoms. The molecule has 3 rings (SSSR count). The molecule has 1 aliphatic heterocycles. The normalized spacial score (nSPS) is 14.8. The number of aromatic nitrogens is 1. The van der Waals surface area contributed by atoms with Crippen molar-refractivity contribution in [1.29, 1.82) is 0 Å². The molecular formula is C17H20N2O4. The van der Waals surface area contributed by atoms with Gasteiger partial charge in [-0.1, -0.05) is 0 Å². The molecule has 1 amide bonds. The minimum atomic E-state index is -0.329. The molecule has 1 fully saturated rings. The Morgan fingerprint density at radius 3 is 2.39 bits per heavy atom. The van der Waals surface area contributed by atoms with E-state index in [9.17, 15) is 9.59 Å². The summed E-state index contributed by atoms with van der Waals surface area (Å²) in [4.78, 5) is 30.3. The number of aromatic amines is 1. The standard InChI is InChI=1S/C17H20N2O4/c1-22-12-6-7-13(23-2)15-14(12)16(20)11(10-18-15)17(21)19-8-4-3-5-9-19/h6-7,10H,3-5,8-9H2,1-2H3,(H,18,20). The lowest BCUT2D eigenvalue weighted by atomic mass is 10.1. The number of hydrogen-bond acceptors (Lipinski definition) is 4. The molecule has 0 aliphatic carbocycles. The van der Waals surface area contributed by atoms with Crippen LogP contribution in [0.15, 0.2) is 23.1 Å². The van der Waals surface area contributed by atoms with E-state index in [2.05, 4.69) is 4.98 Å². The fraction of sp³-hybridized carbons (Fsp3) is 0.412. The molecule has 0 radical (unpaired) electrons. The van der Waals surface area contributed by atoms with Crippen LogP contribution in [-0.2, 0) is 0 Å². The number of rotatable bonds is 3. The molecule has 122 valence electrons. The quantitative estimate of drug-likeness (QED) is 0.942. The second kappa shape index (κ2) is 6.32. The number of H-pyrrole nitrogens is 1. The zero-order valence-corrected chi connectivity index (χ0v) is 13.3. The van der Waals surface area contributed by atoms with Gasteiger partial charge in [-0.25, -0.2) is 0 Å². The number of hydrogen-bond donors (Lipinski definition) is 1. The van der Waals surface area contributed by atoms with Gasteiger partial charge in [-0.3, -0.25) is 9.59 Å². The summed E-state index contributed by atoms with van der Waals surface area (Å²) in [5, 5.41) is 0.342. The number of benzene rings is 1. The van der Waals surface area contributed by atoms with E-state index in [1.54, 1.807) is 17.0 Å². The van der Waals surface area contributed by atoms with Gasteiger partial charge in [-0.15, -0.1) is 0 Å². The minimum absolute atomic E-state index is 0.144. The zero-order valence-electron chi connectivity index (χ0n) is 13.3. The van der Waals surface area contributed by atoms with Gasteiger partial charge in [-0.2, -0.15) is 0 Å². The van der Waals surface area contributed by atoms with Gasteiger partial charge in [-0.05, 0) is 31.4 Å². The number of carbonyl (C=O) groups is 1. The van der Waals surface area contributed by atoms with E-state index in [1.807, 2.05) is 0 Å². The van der Waals surface area contributed by atoms with Crippen molar-refractivity contribution in [2.24, 2.45) is 0 Å². The van der Waals surface area contributed by atoms with Crippen molar-refractivity contribution in [2.45, 2.75) is 19.3 Å².